The minimum atomic E-state index is -0.190. The minimum absolute atomic E-state index is 0.159. The van der Waals surface area contributed by atoms with Gasteiger partial charge >= 0.3 is 0 Å². The van der Waals surface area contributed by atoms with E-state index in [2.05, 4.69) is 20.6 Å². The average molecular weight is 436 g/mol. The standard InChI is InChI=1S/C17H11Cl2N5OS2/c18-11-4-3-10(8-12(11)19)20-16(25)9-27-17-22-21-15-6-5-13(23-24(15)17)14-2-1-7-26-14/h1-8H,9H2,(H,20,25). The van der Waals surface area contributed by atoms with E-state index >= 15 is 0 Å². The third kappa shape index (κ3) is 4.08. The lowest BCUT2D eigenvalue weighted by atomic mass is 10.3. The van der Waals surface area contributed by atoms with Crippen molar-refractivity contribution in [3.05, 3.63) is 57.9 Å². The molecular weight excluding hydrogens is 425 g/mol. The van der Waals surface area contributed by atoms with E-state index in [4.69, 9.17) is 23.2 Å². The van der Waals surface area contributed by atoms with E-state index in [1.165, 1.54) is 11.8 Å². The Labute approximate surface area is 172 Å². The first kappa shape index (κ1) is 18.2. The molecule has 0 aliphatic heterocycles. The second-order valence-corrected chi connectivity index (χ2v) is 8.12. The Morgan fingerprint density at radius 1 is 1.15 bits per heavy atom. The minimum Gasteiger partial charge on any atom is -0.325 e. The van der Waals surface area contributed by atoms with Crippen LogP contribution < -0.4 is 5.32 Å². The molecule has 0 fully saturated rings. The van der Waals surface area contributed by atoms with E-state index in [1.807, 2.05) is 29.6 Å². The van der Waals surface area contributed by atoms with Gasteiger partial charge < -0.3 is 5.32 Å². The summed E-state index contributed by atoms with van der Waals surface area (Å²) in [5.41, 5.74) is 2.04. The van der Waals surface area contributed by atoms with Gasteiger partial charge in [-0.1, -0.05) is 41.0 Å². The Morgan fingerprint density at radius 3 is 2.81 bits per heavy atom. The second kappa shape index (κ2) is 7.85. The number of benzene rings is 1. The number of nitrogens with zero attached hydrogens (tertiary/aromatic N) is 4. The average Bonchev–Trinajstić information content (AvgIpc) is 3.32. The van der Waals surface area contributed by atoms with Gasteiger partial charge in [0.2, 0.25) is 11.1 Å². The fourth-order valence-corrected chi connectivity index (χ4v) is 3.99. The predicted octanol–water partition coefficient (Wildman–Crippen LogP) is 4.89. The Hall–Kier alpha value is -2.13. The molecule has 0 unspecified atom stereocenters. The Morgan fingerprint density at radius 2 is 2.04 bits per heavy atom. The highest BCUT2D eigenvalue weighted by molar-refractivity contribution is 7.99. The van der Waals surface area contributed by atoms with Crippen LogP contribution >= 0.6 is 46.3 Å². The van der Waals surface area contributed by atoms with Crippen LogP contribution in [0.15, 0.2) is 53.0 Å². The molecule has 0 radical (unpaired) electrons. The summed E-state index contributed by atoms with van der Waals surface area (Å²) in [4.78, 5) is 13.3. The van der Waals surface area contributed by atoms with E-state index in [9.17, 15) is 4.79 Å². The smallest absolute Gasteiger partial charge is 0.234 e. The van der Waals surface area contributed by atoms with Crippen LogP contribution in [0.1, 0.15) is 0 Å². The molecule has 1 amide bonds. The highest BCUT2D eigenvalue weighted by atomic mass is 35.5. The first-order valence-electron chi connectivity index (χ1n) is 7.74. The van der Waals surface area contributed by atoms with Crippen molar-refractivity contribution in [1.82, 2.24) is 19.8 Å². The Bertz CT molecular complexity index is 1110. The van der Waals surface area contributed by atoms with E-state index in [1.54, 1.807) is 34.1 Å². The summed E-state index contributed by atoms with van der Waals surface area (Å²) in [6, 6.07) is 12.7. The molecule has 4 rings (SSSR count). The van der Waals surface area contributed by atoms with Crippen LogP contribution in [0.4, 0.5) is 5.69 Å². The molecule has 27 heavy (non-hydrogen) atoms. The molecule has 0 saturated carbocycles. The molecule has 0 spiro atoms. The molecule has 3 aromatic heterocycles. The fourth-order valence-electron chi connectivity index (χ4n) is 2.32. The molecule has 0 bridgehead atoms. The molecule has 10 heteroatoms. The predicted molar refractivity (Wildman–Crippen MR) is 110 cm³/mol. The third-order valence-electron chi connectivity index (χ3n) is 3.54. The van der Waals surface area contributed by atoms with Crippen LogP contribution in [0, 0.1) is 0 Å². The van der Waals surface area contributed by atoms with E-state index in [-0.39, 0.29) is 11.7 Å². The van der Waals surface area contributed by atoms with Crippen molar-refractivity contribution in [3.8, 4) is 10.6 Å². The maximum absolute atomic E-state index is 12.2. The lowest BCUT2D eigenvalue weighted by Gasteiger charge is -2.06. The van der Waals surface area contributed by atoms with Gasteiger partial charge in [0.1, 0.15) is 5.69 Å². The van der Waals surface area contributed by atoms with E-state index in [0.717, 1.165) is 10.6 Å². The SMILES string of the molecule is O=C(CSc1nnc2ccc(-c3cccs3)nn12)Nc1ccc(Cl)c(Cl)c1. The number of rotatable bonds is 5. The first-order valence-corrected chi connectivity index (χ1v) is 10.4. The number of thiophene rings is 1. The van der Waals surface area contributed by atoms with Gasteiger partial charge in [0, 0.05) is 5.69 Å². The van der Waals surface area contributed by atoms with Crippen LogP contribution in [0.5, 0.6) is 0 Å². The van der Waals surface area contributed by atoms with Gasteiger partial charge in [0.05, 0.1) is 20.7 Å². The number of anilines is 1. The van der Waals surface area contributed by atoms with Crippen LogP contribution in [0.2, 0.25) is 10.0 Å². The molecule has 136 valence electrons. The largest absolute Gasteiger partial charge is 0.325 e. The van der Waals surface area contributed by atoms with Crippen molar-refractivity contribution >= 4 is 63.5 Å². The van der Waals surface area contributed by atoms with Gasteiger partial charge in [-0.3, -0.25) is 4.79 Å². The number of thioether (sulfide) groups is 1. The van der Waals surface area contributed by atoms with Crippen molar-refractivity contribution in [1.29, 1.82) is 0 Å². The van der Waals surface area contributed by atoms with Gasteiger partial charge in [-0.2, -0.15) is 9.61 Å². The summed E-state index contributed by atoms with van der Waals surface area (Å²) in [5.74, 6) is -0.0316. The number of hydrogen-bond donors (Lipinski definition) is 1. The molecule has 0 aliphatic rings. The van der Waals surface area contributed by atoms with Gasteiger partial charge in [0.25, 0.3) is 0 Å². The molecule has 1 aromatic carbocycles. The van der Waals surface area contributed by atoms with Crippen LogP contribution in [0.25, 0.3) is 16.2 Å². The molecule has 1 N–H and O–H groups in total. The quantitative estimate of drug-likeness (QED) is 0.451. The maximum atomic E-state index is 12.2. The van der Waals surface area contributed by atoms with E-state index in [0.29, 0.717) is 26.5 Å². The van der Waals surface area contributed by atoms with Crippen molar-refractivity contribution in [3.63, 3.8) is 0 Å². The number of nitrogens with one attached hydrogen (secondary N) is 1. The van der Waals surface area contributed by atoms with Crippen LogP contribution in [0.3, 0.4) is 0 Å². The lowest BCUT2D eigenvalue weighted by Crippen LogP contribution is -2.14. The summed E-state index contributed by atoms with van der Waals surface area (Å²) in [6.07, 6.45) is 0. The normalized spacial score (nSPS) is 11.0. The van der Waals surface area contributed by atoms with Crippen LogP contribution in [-0.2, 0) is 4.79 Å². The topological polar surface area (TPSA) is 72.2 Å². The number of hydrogen-bond acceptors (Lipinski definition) is 6. The summed E-state index contributed by atoms with van der Waals surface area (Å²) in [6.45, 7) is 0. The van der Waals surface area contributed by atoms with Crippen LogP contribution in [-0.4, -0.2) is 31.5 Å². The van der Waals surface area contributed by atoms with Crippen molar-refractivity contribution < 1.29 is 4.79 Å². The Balaban J connectivity index is 1.47. The summed E-state index contributed by atoms with van der Waals surface area (Å²) in [7, 11) is 0. The lowest BCUT2D eigenvalue weighted by molar-refractivity contribution is -0.113. The molecule has 6 nitrogen and oxygen atoms in total. The molecule has 3 heterocycles. The van der Waals surface area contributed by atoms with E-state index < -0.39 is 0 Å². The molecular formula is C17H11Cl2N5OS2. The number of amides is 1. The fraction of sp³-hybridized carbons (Fsp3) is 0.0588. The van der Waals surface area contributed by atoms with Gasteiger partial charge in [0.15, 0.2) is 5.65 Å². The zero-order chi connectivity index (χ0) is 18.8. The number of carbonyl (C=O) groups excluding carboxylic acids is 1. The second-order valence-electron chi connectivity index (χ2n) is 5.41. The summed E-state index contributed by atoms with van der Waals surface area (Å²) >= 11 is 14.7. The summed E-state index contributed by atoms with van der Waals surface area (Å²) < 4.78 is 1.64. The highest BCUT2D eigenvalue weighted by Gasteiger charge is 2.12. The third-order valence-corrected chi connectivity index (χ3v) is 6.09. The molecule has 4 aromatic rings. The number of halogens is 2. The van der Waals surface area contributed by atoms with Gasteiger partial charge in [-0.05, 0) is 41.8 Å². The monoisotopic (exact) mass is 435 g/mol. The zero-order valence-electron chi connectivity index (χ0n) is 13.6. The molecule has 0 atom stereocenters. The molecule has 0 saturated heterocycles. The van der Waals surface area contributed by atoms with Crippen molar-refractivity contribution in [2.75, 3.05) is 11.1 Å². The molecule has 0 aliphatic carbocycles. The highest BCUT2D eigenvalue weighted by Crippen LogP contribution is 2.26. The van der Waals surface area contributed by atoms with Gasteiger partial charge in [-0.15, -0.1) is 21.5 Å². The summed E-state index contributed by atoms with van der Waals surface area (Å²) in [5, 5.41) is 18.9. The Kier molecular flexibility index (Phi) is 5.31. The first-order chi connectivity index (χ1) is 13.1. The zero-order valence-corrected chi connectivity index (χ0v) is 16.7. The maximum Gasteiger partial charge on any atom is 0.234 e. The number of aromatic nitrogens is 4. The van der Waals surface area contributed by atoms with Crippen molar-refractivity contribution in [2.24, 2.45) is 0 Å². The number of carbonyl (C=O) groups is 1. The van der Waals surface area contributed by atoms with Gasteiger partial charge in [-0.25, -0.2) is 0 Å². The van der Waals surface area contributed by atoms with Crippen molar-refractivity contribution in [2.45, 2.75) is 5.16 Å². The number of fused-ring (bicyclic) bond motifs is 1.